The van der Waals surface area contributed by atoms with Gasteiger partial charge in [0.1, 0.15) is 0 Å². The van der Waals surface area contributed by atoms with Gasteiger partial charge in [-0.15, -0.1) is 0 Å². The van der Waals surface area contributed by atoms with Gasteiger partial charge in [0.15, 0.2) is 0 Å². The Bertz CT molecular complexity index is 405. The van der Waals surface area contributed by atoms with Crippen molar-refractivity contribution in [3.63, 3.8) is 0 Å². The van der Waals surface area contributed by atoms with Crippen molar-refractivity contribution in [1.29, 1.82) is 0 Å². The van der Waals surface area contributed by atoms with Crippen molar-refractivity contribution in [3.8, 4) is 0 Å². The van der Waals surface area contributed by atoms with Gasteiger partial charge in [-0.3, -0.25) is 4.99 Å². The van der Waals surface area contributed by atoms with Gasteiger partial charge in [0.2, 0.25) is 0 Å². The molecule has 0 aromatic carbocycles. The lowest BCUT2D eigenvalue weighted by Gasteiger charge is -2.18. The van der Waals surface area contributed by atoms with E-state index < -0.39 is 0 Å². The van der Waals surface area contributed by atoms with Gasteiger partial charge in [0, 0.05) is 38.1 Å². The molecule has 5 heteroatoms. The van der Waals surface area contributed by atoms with Crippen molar-refractivity contribution in [2.45, 2.75) is 13.8 Å². The lowest BCUT2D eigenvalue weighted by Crippen LogP contribution is -2.32. The van der Waals surface area contributed by atoms with Crippen LogP contribution in [0.4, 0.5) is 0 Å². The number of hydrogen-bond acceptors (Lipinski definition) is 5. The van der Waals surface area contributed by atoms with Crippen LogP contribution in [0.1, 0.15) is 13.8 Å². The Hall–Kier alpha value is -1.78. The SMILES string of the molecule is C/N=C(C1=CN=C(OC)NC1)\C(C)=C(/C)NC. The highest BCUT2D eigenvalue weighted by Gasteiger charge is 2.14. The largest absolute Gasteiger partial charge is 0.468 e. The zero-order chi connectivity index (χ0) is 12.8. The molecule has 17 heavy (non-hydrogen) atoms. The maximum Gasteiger partial charge on any atom is 0.289 e. The molecule has 0 spiro atoms. The van der Waals surface area contributed by atoms with E-state index in [1.165, 1.54) is 0 Å². The molecule has 1 aliphatic heterocycles. The van der Waals surface area contributed by atoms with Gasteiger partial charge in [-0.25, -0.2) is 4.99 Å². The van der Waals surface area contributed by atoms with Crippen LogP contribution < -0.4 is 10.6 Å². The second kappa shape index (κ2) is 6.08. The molecular weight excluding hydrogens is 216 g/mol. The predicted molar refractivity (Wildman–Crippen MR) is 71.3 cm³/mol. The third-order valence-corrected chi connectivity index (χ3v) is 2.78. The Morgan fingerprint density at radius 3 is 2.65 bits per heavy atom. The summed E-state index contributed by atoms with van der Waals surface area (Å²) in [6.07, 6.45) is 1.80. The number of rotatable bonds is 3. The fourth-order valence-corrected chi connectivity index (χ4v) is 1.59. The van der Waals surface area contributed by atoms with Gasteiger partial charge in [0.05, 0.1) is 12.8 Å². The van der Waals surface area contributed by atoms with Crippen LogP contribution in [-0.4, -0.2) is 39.5 Å². The fourth-order valence-electron chi connectivity index (χ4n) is 1.59. The van der Waals surface area contributed by atoms with E-state index in [1.807, 2.05) is 20.9 Å². The van der Waals surface area contributed by atoms with Crippen LogP contribution in [0.15, 0.2) is 33.0 Å². The highest BCUT2D eigenvalue weighted by molar-refractivity contribution is 6.13. The molecule has 0 aromatic heterocycles. The molecule has 0 unspecified atom stereocenters. The molecule has 0 fully saturated rings. The number of allylic oxidation sites excluding steroid dienone is 2. The summed E-state index contributed by atoms with van der Waals surface area (Å²) in [6.45, 7) is 4.75. The van der Waals surface area contributed by atoms with Crippen molar-refractivity contribution in [2.75, 3.05) is 27.7 Å². The Morgan fingerprint density at radius 2 is 2.24 bits per heavy atom. The number of aliphatic imine (C=N–C) groups is 2. The Labute approximate surface area is 102 Å². The van der Waals surface area contributed by atoms with Gasteiger partial charge >= 0.3 is 0 Å². The van der Waals surface area contributed by atoms with Gasteiger partial charge in [-0.2, -0.15) is 0 Å². The van der Waals surface area contributed by atoms with Crippen LogP contribution in [0.25, 0.3) is 0 Å². The number of amidine groups is 1. The molecule has 0 atom stereocenters. The molecule has 2 N–H and O–H groups in total. The third kappa shape index (κ3) is 3.09. The summed E-state index contributed by atoms with van der Waals surface area (Å²) in [6, 6.07) is 0.538. The van der Waals surface area contributed by atoms with Crippen LogP contribution in [0, 0.1) is 0 Å². The molecular formula is C12H20N4O. The number of hydrogen-bond donors (Lipinski definition) is 2. The first-order valence-corrected chi connectivity index (χ1v) is 5.51. The summed E-state index contributed by atoms with van der Waals surface area (Å²) in [4.78, 5) is 8.50. The summed E-state index contributed by atoms with van der Waals surface area (Å²) in [5.74, 6) is 0. The molecule has 1 aliphatic rings. The van der Waals surface area contributed by atoms with E-state index in [4.69, 9.17) is 4.74 Å². The molecule has 0 aromatic rings. The topological polar surface area (TPSA) is 58.0 Å². The van der Waals surface area contributed by atoms with E-state index in [-0.39, 0.29) is 0 Å². The van der Waals surface area contributed by atoms with E-state index in [1.54, 1.807) is 20.4 Å². The molecule has 0 aliphatic carbocycles. The minimum atomic E-state index is 0.538. The van der Waals surface area contributed by atoms with E-state index >= 15 is 0 Å². The molecule has 0 radical (unpaired) electrons. The Morgan fingerprint density at radius 1 is 1.53 bits per heavy atom. The maximum absolute atomic E-state index is 5.01. The summed E-state index contributed by atoms with van der Waals surface area (Å²) in [5, 5.41) is 6.21. The van der Waals surface area contributed by atoms with Crippen molar-refractivity contribution >= 4 is 11.7 Å². The van der Waals surface area contributed by atoms with Crippen LogP contribution in [0.2, 0.25) is 0 Å². The molecule has 5 nitrogen and oxygen atoms in total. The van der Waals surface area contributed by atoms with E-state index in [0.717, 1.165) is 22.6 Å². The second-order valence-corrected chi connectivity index (χ2v) is 3.72. The first-order valence-electron chi connectivity index (χ1n) is 5.51. The average molecular weight is 236 g/mol. The fraction of sp³-hybridized carbons (Fsp3) is 0.500. The first kappa shape index (κ1) is 13.3. The molecule has 1 rings (SSSR count). The van der Waals surface area contributed by atoms with Crippen LogP contribution >= 0.6 is 0 Å². The van der Waals surface area contributed by atoms with Crippen molar-refractivity contribution in [2.24, 2.45) is 9.98 Å². The standard InChI is InChI=1S/C12H20N4O/c1-8(9(2)13-3)11(14-4)10-6-15-12(17-5)16-7-10/h6,13H,7H2,1-5H3,(H,15,16)/b9-8+,14-11+. The molecule has 94 valence electrons. The number of nitrogens with zero attached hydrogens (tertiary/aromatic N) is 2. The van der Waals surface area contributed by atoms with E-state index in [9.17, 15) is 0 Å². The Kier molecular flexibility index (Phi) is 4.75. The van der Waals surface area contributed by atoms with Gasteiger partial charge in [-0.05, 0) is 19.4 Å². The lowest BCUT2D eigenvalue weighted by atomic mass is 10.0. The minimum absolute atomic E-state index is 0.538. The second-order valence-electron chi connectivity index (χ2n) is 3.72. The third-order valence-electron chi connectivity index (χ3n) is 2.78. The van der Waals surface area contributed by atoms with Crippen molar-refractivity contribution in [3.05, 3.63) is 23.0 Å². The molecule has 0 bridgehead atoms. The average Bonchev–Trinajstić information content (AvgIpc) is 2.39. The Balaban J connectivity index is 3.00. The zero-order valence-corrected chi connectivity index (χ0v) is 11.1. The molecule has 0 amide bonds. The van der Waals surface area contributed by atoms with Crippen LogP contribution in [-0.2, 0) is 4.74 Å². The first-order chi connectivity index (χ1) is 8.13. The normalized spacial score (nSPS) is 17.6. The highest BCUT2D eigenvalue weighted by Crippen LogP contribution is 2.12. The predicted octanol–water partition coefficient (Wildman–Crippen LogP) is 1.06. The summed E-state index contributed by atoms with van der Waals surface area (Å²) < 4.78 is 5.01. The van der Waals surface area contributed by atoms with Gasteiger partial charge in [0.25, 0.3) is 6.02 Å². The zero-order valence-electron chi connectivity index (χ0n) is 11.1. The minimum Gasteiger partial charge on any atom is -0.468 e. The van der Waals surface area contributed by atoms with Crippen molar-refractivity contribution < 1.29 is 4.74 Å². The number of methoxy groups -OCH3 is 1. The monoisotopic (exact) mass is 236 g/mol. The van der Waals surface area contributed by atoms with Crippen LogP contribution in [0.3, 0.4) is 0 Å². The van der Waals surface area contributed by atoms with Crippen molar-refractivity contribution in [1.82, 2.24) is 10.6 Å². The van der Waals surface area contributed by atoms with Gasteiger partial charge in [-0.1, -0.05) is 0 Å². The highest BCUT2D eigenvalue weighted by atomic mass is 16.5. The number of ether oxygens (including phenoxy) is 1. The summed E-state index contributed by atoms with van der Waals surface area (Å²) in [5.41, 5.74) is 4.25. The van der Waals surface area contributed by atoms with Crippen LogP contribution in [0.5, 0.6) is 0 Å². The van der Waals surface area contributed by atoms with Gasteiger partial charge < -0.3 is 15.4 Å². The quantitative estimate of drug-likeness (QED) is 0.720. The molecule has 1 heterocycles. The lowest BCUT2D eigenvalue weighted by molar-refractivity contribution is 0.381. The summed E-state index contributed by atoms with van der Waals surface area (Å²) in [7, 11) is 5.29. The molecule has 0 saturated carbocycles. The van der Waals surface area contributed by atoms with E-state index in [2.05, 4.69) is 20.6 Å². The molecule has 0 saturated heterocycles. The number of nitrogens with one attached hydrogen (secondary N) is 2. The van der Waals surface area contributed by atoms with E-state index in [0.29, 0.717) is 12.6 Å². The maximum atomic E-state index is 5.01. The summed E-state index contributed by atoms with van der Waals surface area (Å²) >= 11 is 0. The smallest absolute Gasteiger partial charge is 0.289 e.